The Morgan fingerprint density at radius 1 is 1.46 bits per heavy atom. The summed E-state index contributed by atoms with van der Waals surface area (Å²) in [6, 6.07) is 8.18. The Hall–Kier alpha value is -2.05. The molecule has 0 bridgehead atoms. The van der Waals surface area contributed by atoms with Crippen LogP contribution in [0.5, 0.6) is 0 Å². The largest absolute Gasteiger partial charge is 0.375 e. The molecule has 28 heavy (non-hydrogen) atoms. The van der Waals surface area contributed by atoms with Gasteiger partial charge in [0.1, 0.15) is 6.10 Å². The van der Waals surface area contributed by atoms with Crippen molar-refractivity contribution in [2.45, 2.75) is 32.4 Å². The SMILES string of the molecule is CCNC(=NCC(OC)c1cccc(Cl)c1)N1CCC(C)C(n2ccnc2)C1. The van der Waals surface area contributed by atoms with E-state index < -0.39 is 0 Å². The van der Waals surface area contributed by atoms with Crippen LogP contribution >= 0.6 is 11.6 Å². The molecule has 0 radical (unpaired) electrons. The number of nitrogens with zero attached hydrogens (tertiary/aromatic N) is 4. The fourth-order valence-electron chi connectivity index (χ4n) is 3.71. The number of likely N-dealkylation sites (tertiary alicyclic amines) is 1. The molecule has 1 N–H and O–H groups in total. The third kappa shape index (κ3) is 5.06. The number of guanidine groups is 1. The zero-order valence-corrected chi connectivity index (χ0v) is 17.6. The van der Waals surface area contributed by atoms with Crippen LogP contribution in [0.1, 0.15) is 38.0 Å². The zero-order valence-electron chi connectivity index (χ0n) is 16.9. The molecule has 3 rings (SSSR count). The van der Waals surface area contributed by atoms with E-state index in [9.17, 15) is 0 Å². The van der Waals surface area contributed by atoms with E-state index in [2.05, 4.69) is 39.8 Å². The van der Waals surface area contributed by atoms with Gasteiger partial charge in [-0.3, -0.25) is 4.99 Å². The molecule has 1 saturated heterocycles. The van der Waals surface area contributed by atoms with Gasteiger partial charge >= 0.3 is 0 Å². The Morgan fingerprint density at radius 2 is 2.32 bits per heavy atom. The van der Waals surface area contributed by atoms with E-state index in [0.717, 1.165) is 37.6 Å². The number of imidazole rings is 1. The topological polar surface area (TPSA) is 54.7 Å². The van der Waals surface area contributed by atoms with Crippen LogP contribution in [-0.4, -0.2) is 53.7 Å². The van der Waals surface area contributed by atoms with Crippen LogP contribution < -0.4 is 5.32 Å². The number of piperidine rings is 1. The third-order valence-corrected chi connectivity index (χ3v) is 5.61. The van der Waals surface area contributed by atoms with Crippen LogP contribution in [0.3, 0.4) is 0 Å². The van der Waals surface area contributed by atoms with Gasteiger partial charge in [0.25, 0.3) is 0 Å². The van der Waals surface area contributed by atoms with E-state index in [1.807, 2.05) is 36.8 Å². The van der Waals surface area contributed by atoms with Gasteiger partial charge in [-0.1, -0.05) is 30.7 Å². The predicted octanol–water partition coefficient (Wildman–Crippen LogP) is 3.77. The standard InChI is InChI=1S/C21H30ClN5O/c1-4-24-21(25-13-20(28-3)17-6-5-7-18(22)12-17)26-10-8-16(2)19(14-26)27-11-9-23-15-27/h5-7,9,11-12,15-16,19-20H,4,8,10,13-14H2,1-3H3,(H,24,25). The molecule has 2 aromatic rings. The smallest absolute Gasteiger partial charge is 0.194 e. The predicted molar refractivity (Wildman–Crippen MR) is 114 cm³/mol. The van der Waals surface area contributed by atoms with Crippen molar-refractivity contribution in [3.63, 3.8) is 0 Å². The van der Waals surface area contributed by atoms with Crippen LogP contribution in [0.15, 0.2) is 48.0 Å². The van der Waals surface area contributed by atoms with Gasteiger partial charge in [0, 0.05) is 44.2 Å². The minimum absolute atomic E-state index is 0.125. The minimum Gasteiger partial charge on any atom is -0.375 e. The lowest BCUT2D eigenvalue weighted by Gasteiger charge is -2.39. The number of ether oxygens (including phenoxy) is 1. The first-order valence-electron chi connectivity index (χ1n) is 9.91. The molecular weight excluding hydrogens is 374 g/mol. The highest BCUT2D eigenvalue weighted by Crippen LogP contribution is 2.27. The van der Waals surface area contributed by atoms with Crippen molar-refractivity contribution < 1.29 is 4.74 Å². The normalized spacial score (nSPS) is 21.6. The van der Waals surface area contributed by atoms with Crippen molar-refractivity contribution in [2.75, 3.05) is 33.3 Å². The Morgan fingerprint density at radius 3 is 3.00 bits per heavy atom. The molecule has 1 aliphatic rings. The summed E-state index contributed by atoms with van der Waals surface area (Å²) in [6.07, 6.45) is 6.80. The number of hydrogen-bond acceptors (Lipinski definition) is 3. The molecular formula is C21H30ClN5O. The molecule has 1 aromatic carbocycles. The summed E-state index contributed by atoms with van der Waals surface area (Å²) in [5, 5.41) is 4.16. The lowest BCUT2D eigenvalue weighted by Crippen LogP contribution is -2.49. The fourth-order valence-corrected chi connectivity index (χ4v) is 3.91. The molecule has 1 aromatic heterocycles. The summed E-state index contributed by atoms with van der Waals surface area (Å²) in [5.41, 5.74) is 1.04. The number of aliphatic imine (C=N–C) groups is 1. The maximum absolute atomic E-state index is 6.14. The lowest BCUT2D eigenvalue weighted by molar-refractivity contribution is 0.110. The molecule has 152 valence electrons. The molecule has 1 fully saturated rings. The number of rotatable bonds is 6. The number of aromatic nitrogens is 2. The Labute approximate surface area is 172 Å². The third-order valence-electron chi connectivity index (χ3n) is 5.37. The Balaban J connectivity index is 1.74. The van der Waals surface area contributed by atoms with Gasteiger partial charge in [-0.25, -0.2) is 4.98 Å². The van der Waals surface area contributed by atoms with Gasteiger partial charge < -0.3 is 19.5 Å². The second kappa shape index (κ2) is 9.94. The van der Waals surface area contributed by atoms with E-state index in [1.54, 1.807) is 7.11 Å². The Bertz CT molecular complexity index is 764. The van der Waals surface area contributed by atoms with Crippen LogP contribution in [0.25, 0.3) is 0 Å². The maximum Gasteiger partial charge on any atom is 0.194 e. The van der Waals surface area contributed by atoms with Gasteiger partial charge in [-0.2, -0.15) is 0 Å². The highest BCUT2D eigenvalue weighted by Gasteiger charge is 2.29. The monoisotopic (exact) mass is 403 g/mol. The lowest BCUT2D eigenvalue weighted by atomic mass is 9.93. The zero-order chi connectivity index (χ0) is 19.9. The number of hydrogen-bond donors (Lipinski definition) is 1. The van der Waals surface area contributed by atoms with Gasteiger partial charge in [0.2, 0.25) is 0 Å². The van der Waals surface area contributed by atoms with Gasteiger partial charge in [0.05, 0.1) is 18.9 Å². The molecule has 3 unspecified atom stereocenters. The number of halogens is 1. The van der Waals surface area contributed by atoms with E-state index in [4.69, 9.17) is 21.3 Å². The summed E-state index contributed by atoms with van der Waals surface area (Å²) in [6.45, 7) is 7.69. The van der Waals surface area contributed by atoms with Crippen LogP contribution in [0, 0.1) is 5.92 Å². The number of nitrogens with one attached hydrogen (secondary N) is 1. The minimum atomic E-state index is -0.125. The first kappa shape index (κ1) is 20.7. The molecule has 0 spiro atoms. The molecule has 0 amide bonds. The fraction of sp³-hybridized carbons (Fsp3) is 0.524. The molecule has 7 heteroatoms. The van der Waals surface area contributed by atoms with E-state index in [-0.39, 0.29) is 6.10 Å². The molecule has 2 heterocycles. The van der Waals surface area contributed by atoms with Crippen molar-refractivity contribution in [3.05, 3.63) is 53.6 Å². The summed E-state index contributed by atoms with van der Waals surface area (Å²) in [4.78, 5) is 11.5. The first-order chi connectivity index (χ1) is 13.6. The molecule has 0 saturated carbocycles. The van der Waals surface area contributed by atoms with Crippen molar-refractivity contribution >= 4 is 17.6 Å². The number of benzene rings is 1. The van der Waals surface area contributed by atoms with E-state index >= 15 is 0 Å². The highest BCUT2D eigenvalue weighted by molar-refractivity contribution is 6.30. The van der Waals surface area contributed by atoms with Crippen LogP contribution in [0.4, 0.5) is 0 Å². The van der Waals surface area contributed by atoms with Crippen molar-refractivity contribution in [3.8, 4) is 0 Å². The van der Waals surface area contributed by atoms with Crippen LogP contribution in [0.2, 0.25) is 5.02 Å². The maximum atomic E-state index is 6.14. The molecule has 0 aliphatic carbocycles. The van der Waals surface area contributed by atoms with Gasteiger partial charge in [-0.05, 0) is 37.0 Å². The summed E-state index contributed by atoms with van der Waals surface area (Å²) < 4.78 is 7.89. The van der Waals surface area contributed by atoms with Crippen molar-refractivity contribution in [1.29, 1.82) is 0 Å². The quantitative estimate of drug-likeness (QED) is 0.589. The average Bonchev–Trinajstić information content (AvgIpc) is 3.23. The van der Waals surface area contributed by atoms with Gasteiger partial charge in [-0.15, -0.1) is 0 Å². The summed E-state index contributed by atoms with van der Waals surface area (Å²) >= 11 is 6.14. The molecule has 6 nitrogen and oxygen atoms in total. The number of methoxy groups -OCH3 is 1. The summed E-state index contributed by atoms with van der Waals surface area (Å²) in [5.74, 6) is 1.54. The van der Waals surface area contributed by atoms with E-state index in [1.165, 1.54) is 0 Å². The second-order valence-electron chi connectivity index (χ2n) is 7.26. The van der Waals surface area contributed by atoms with E-state index in [0.29, 0.717) is 23.5 Å². The highest BCUT2D eigenvalue weighted by atomic mass is 35.5. The molecule has 3 atom stereocenters. The van der Waals surface area contributed by atoms with Crippen molar-refractivity contribution in [1.82, 2.24) is 19.8 Å². The second-order valence-corrected chi connectivity index (χ2v) is 7.70. The average molecular weight is 404 g/mol. The van der Waals surface area contributed by atoms with Crippen molar-refractivity contribution in [2.24, 2.45) is 10.9 Å². The summed E-state index contributed by atoms with van der Waals surface area (Å²) in [7, 11) is 1.71. The Kier molecular flexibility index (Phi) is 7.34. The molecule has 1 aliphatic heterocycles. The first-order valence-corrected chi connectivity index (χ1v) is 10.3. The van der Waals surface area contributed by atoms with Crippen LogP contribution in [-0.2, 0) is 4.74 Å². The van der Waals surface area contributed by atoms with Gasteiger partial charge in [0.15, 0.2) is 5.96 Å².